The van der Waals surface area contributed by atoms with E-state index >= 15 is 0 Å². The van der Waals surface area contributed by atoms with Crippen LogP contribution >= 0.6 is 0 Å². The van der Waals surface area contributed by atoms with Gasteiger partial charge in [-0.3, -0.25) is 0 Å². The van der Waals surface area contributed by atoms with Crippen molar-refractivity contribution >= 4 is 10.0 Å². The van der Waals surface area contributed by atoms with Gasteiger partial charge in [0.1, 0.15) is 18.6 Å². The molecule has 1 aromatic rings. The lowest BCUT2D eigenvalue weighted by Crippen LogP contribution is -3.23. The molecule has 2 N–H and O–H groups in total. The number of hydrogen-bond acceptors (Lipinski definition) is 3. The topological polar surface area (TPSA) is 59.8 Å². The fraction of sp³-hybridized carbons (Fsp3) is 0.700. The van der Waals surface area contributed by atoms with Gasteiger partial charge < -0.3 is 9.64 Å². The summed E-state index contributed by atoms with van der Waals surface area (Å²) >= 11 is 0. The number of hydrogen-bond donors (Lipinski definition) is 2. The van der Waals surface area contributed by atoms with E-state index in [1.165, 1.54) is 24.2 Å². The third-order valence-corrected chi connectivity index (χ3v) is 7.84. The van der Waals surface area contributed by atoms with Crippen molar-refractivity contribution in [1.29, 1.82) is 0 Å². The Balaban J connectivity index is 1.82. The summed E-state index contributed by atoms with van der Waals surface area (Å²) in [6.45, 7) is 9.81. The van der Waals surface area contributed by atoms with Crippen LogP contribution < -0.4 is 9.62 Å². The molecule has 5 nitrogen and oxygen atoms in total. The monoisotopic (exact) mass is 381 g/mol. The molecular weight excluding hydrogens is 348 g/mol. The molecule has 2 aliphatic rings. The number of nitrogens with one attached hydrogen (secondary N) is 2. The molecule has 26 heavy (non-hydrogen) atoms. The van der Waals surface area contributed by atoms with Gasteiger partial charge in [0.15, 0.2) is 0 Å². The normalized spacial score (nSPS) is 21.7. The standard InChI is InChI=1S/C20H32N2O3S/c1-16-13-17(2)19(18(3)14-16)26(23,24)21-15-20(7-5-4-6-8-20)22-9-11-25-12-10-22/h13-14,21H,4-12,15H2,1-3H3/p+1. The van der Waals surface area contributed by atoms with Gasteiger partial charge in [0.05, 0.1) is 24.7 Å². The van der Waals surface area contributed by atoms with E-state index in [0.717, 1.165) is 55.8 Å². The molecule has 1 saturated carbocycles. The maximum atomic E-state index is 13.1. The Morgan fingerprint density at radius 2 is 1.62 bits per heavy atom. The van der Waals surface area contributed by atoms with Crippen molar-refractivity contribution in [2.45, 2.75) is 63.3 Å². The quantitative estimate of drug-likeness (QED) is 0.813. The molecule has 1 heterocycles. The molecule has 146 valence electrons. The van der Waals surface area contributed by atoms with E-state index in [-0.39, 0.29) is 5.54 Å². The fourth-order valence-electron chi connectivity index (χ4n) is 4.93. The van der Waals surface area contributed by atoms with Gasteiger partial charge >= 0.3 is 0 Å². The van der Waals surface area contributed by atoms with Gasteiger partial charge in [0.25, 0.3) is 0 Å². The lowest BCUT2D eigenvalue weighted by Gasteiger charge is -2.45. The Kier molecular flexibility index (Phi) is 6.07. The molecule has 1 saturated heterocycles. The number of aryl methyl sites for hydroxylation is 3. The number of benzene rings is 1. The summed E-state index contributed by atoms with van der Waals surface area (Å²) in [6.07, 6.45) is 5.82. The Morgan fingerprint density at radius 1 is 1.04 bits per heavy atom. The highest BCUT2D eigenvalue weighted by Crippen LogP contribution is 2.27. The molecule has 0 atom stereocenters. The first-order valence-electron chi connectivity index (χ1n) is 9.84. The maximum Gasteiger partial charge on any atom is 0.241 e. The summed E-state index contributed by atoms with van der Waals surface area (Å²) < 4.78 is 34.7. The molecule has 0 amide bonds. The van der Waals surface area contributed by atoms with E-state index in [1.807, 2.05) is 32.9 Å². The average molecular weight is 382 g/mol. The predicted molar refractivity (Wildman–Crippen MR) is 103 cm³/mol. The highest BCUT2D eigenvalue weighted by atomic mass is 32.2. The van der Waals surface area contributed by atoms with Crippen molar-refractivity contribution in [3.63, 3.8) is 0 Å². The summed E-state index contributed by atoms with van der Waals surface area (Å²) in [4.78, 5) is 1.97. The second-order valence-corrected chi connectivity index (χ2v) is 9.81. The predicted octanol–water partition coefficient (Wildman–Crippen LogP) is 1.51. The van der Waals surface area contributed by atoms with Crippen molar-refractivity contribution in [1.82, 2.24) is 4.72 Å². The van der Waals surface area contributed by atoms with Crippen LogP contribution in [0, 0.1) is 20.8 Å². The second-order valence-electron chi connectivity index (χ2n) is 8.11. The number of ether oxygens (including phenoxy) is 1. The van der Waals surface area contributed by atoms with Gasteiger partial charge in [0.2, 0.25) is 10.0 Å². The Labute approximate surface area is 158 Å². The summed E-state index contributed by atoms with van der Waals surface area (Å²) in [5.74, 6) is 0. The van der Waals surface area contributed by atoms with Crippen LogP contribution in [-0.2, 0) is 14.8 Å². The lowest BCUT2D eigenvalue weighted by atomic mass is 9.80. The van der Waals surface area contributed by atoms with Crippen LogP contribution in [0.3, 0.4) is 0 Å². The molecule has 0 unspecified atom stereocenters. The summed E-state index contributed by atoms with van der Waals surface area (Å²) in [5.41, 5.74) is 2.76. The van der Waals surface area contributed by atoms with Crippen molar-refractivity contribution in [2.75, 3.05) is 32.8 Å². The highest BCUT2D eigenvalue weighted by molar-refractivity contribution is 7.89. The van der Waals surface area contributed by atoms with Gasteiger partial charge in [-0.2, -0.15) is 0 Å². The van der Waals surface area contributed by atoms with Gasteiger partial charge in [-0.1, -0.05) is 24.1 Å². The van der Waals surface area contributed by atoms with E-state index in [1.54, 1.807) is 0 Å². The SMILES string of the molecule is Cc1cc(C)c(S(=O)(=O)NCC2([NH+]3CCOCC3)CCCCC2)c(C)c1. The number of rotatable bonds is 5. The van der Waals surface area contributed by atoms with Crippen LogP contribution in [0.25, 0.3) is 0 Å². The van der Waals surface area contributed by atoms with Crippen molar-refractivity contribution in [3.05, 3.63) is 28.8 Å². The van der Waals surface area contributed by atoms with Gasteiger partial charge in [-0.25, -0.2) is 13.1 Å². The highest BCUT2D eigenvalue weighted by Gasteiger charge is 2.43. The van der Waals surface area contributed by atoms with Crippen LogP contribution in [0.1, 0.15) is 48.8 Å². The average Bonchev–Trinajstić information content (AvgIpc) is 2.60. The number of morpholine rings is 1. The third kappa shape index (κ3) is 4.14. The lowest BCUT2D eigenvalue weighted by molar-refractivity contribution is -0.960. The first-order chi connectivity index (χ1) is 12.3. The molecule has 3 rings (SSSR count). The molecule has 2 fully saturated rings. The molecule has 0 radical (unpaired) electrons. The molecule has 1 aliphatic carbocycles. The van der Waals surface area contributed by atoms with Crippen LogP contribution in [-0.4, -0.2) is 46.8 Å². The van der Waals surface area contributed by atoms with E-state index in [4.69, 9.17) is 4.74 Å². The molecular formula is C20H33N2O3S+. The third-order valence-electron chi connectivity index (χ3n) is 6.13. The van der Waals surface area contributed by atoms with Crippen LogP contribution in [0.2, 0.25) is 0 Å². The van der Waals surface area contributed by atoms with E-state index < -0.39 is 10.0 Å². The zero-order valence-electron chi connectivity index (χ0n) is 16.4. The first kappa shape index (κ1) is 19.8. The molecule has 1 aromatic carbocycles. The second kappa shape index (κ2) is 7.97. The zero-order chi connectivity index (χ0) is 18.8. The molecule has 0 spiro atoms. The van der Waals surface area contributed by atoms with Gasteiger partial charge in [-0.15, -0.1) is 0 Å². The summed E-state index contributed by atoms with van der Waals surface area (Å²) in [7, 11) is -3.51. The zero-order valence-corrected chi connectivity index (χ0v) is 17.2. The Morgan fingerprint density at radius 3 is 2.19 bits per heavy atom. The van der Waals surface area contributed by atoms with Crippen molar-refractivity contribution in [3.8, 4) is 0 Å². The van der Waals surface area contributed by atoms with E-state index in [9.17, 15) is 8.42 Å². The number of quaternary nitrogens is 1. The van der Waals surface area contributed by atoms with Crippen LogP contribution in [0.15, 0.2) is 17.0 Å². The molecule has 1 aliphatic heterocycles. The van der Waals surface area contributed by atoms with Gasteiger partial charge in [-0.05, 0) is 44.7 Å². The smallest absolute Gasteiger partial charge is 0.241 e. The first-order valence-corrected chi connectivity index (χ1v) is 11.3. The fourth-order valence-corrected chi connectivity index (χ4v) is 6.50. The molecule has 0 aromatic heterocycles. The van der Waals surface area contributed by atoms with Gasteiger partial charge in [0, 0.05) is 12.8 Å². The van der Waals surface area contributed by atoms with Crippen molar-refractivity contribution < 1.29 is 18.1 Å². The number of sulfonamides is 1. The van der Waals surface area contributed by atoms with Crippen LogP contribution in [0.5, 0.6) is 0 Å². The molecule has 6 heteroatoms. The minimum absolute atomic E-state index is 0.0155. The Hall–Kier alpha value is -0.950. The van der Waals surface area contributed by atoms with E-state index in [0.29, 0.717) is 11.4 Å². The summed E-state index contributed by atoms with van der Waals surface area (Å²) in [5, 5.41) is 0. The minimum atomic E-state index is -3.51. The van der Waals surface area contributed by atoms with E-state index in [2.05, 4.69) is 4.72 Å². The largest absolute Gasteiger partial charge is 0.370 e. The van der Waals surface area contributed by atoms with Crippen LogP contribution in [0.4, 0.5) is 0 Å². The maximum absolute atomic E-state index is 13.1. The summed E-state index contributed by atoms with van der Waals surface area (Å²) in [6, 6.07) is 3.90. The van der Waals surface area contributed by atoms with Crippen molar-refractivity contribution in [2.24, 2.45) is 0 Å². The Bertz CT molecular complexity index is 710. The molecule has 0 bridgehead atoms. The minimum Gasteiger partial charge on any atom is -0.370 e.